The van der Waals surface area contributed by atoms with Crippen LogP contribution in [0.2, 0.25) is 0 Å². The van der Waals surface area contributed by atoms with Crippen LogP contribution in [0.15, 0.2) is 71.3 Å². The molecule has 0 aliphatic rings. The van der Waals surface area contributed by atoms with Crippen LogP contribution in [-0.4, -0.2) is 5.11 Å². The van der Waals surface area contributed by atoms with Gasteiger partial charge >= 0.3 is 0 Å². The monoisotopic (exact) mass is 336 g/mol. The van der Waals surface area contributed by atoms with E-state index in [1.54, 1.807) is 6.26 Å². The van der Waals surface area contributed by atoms with Gasteiger partial charge in [0.2, 0.25) is 0 Å². The average molecular weight is 336 g/mol. The summed E-state index contributed by atoms with van der Waals surface area (Å²) in [6.07, 6.45) is 1.67. The van der Waals surface area contributed by atoms with Crippen molar-refractivity contribution in [3.05, 3.63) is 89.4 Å². The van der Waals surface area contributed by atoms with Gasteiger partial charge in [-0.2, -0.15) is 0 Å². The lowest BCUT2D eigenvalue weighted by Crippen LogP contribution is -2.33. The lowest BCUT2D eigenvalue weighted by Gasteiger charge is -2.20. The average Bonchev–Trinajstić information content (AvgIpc) is 3.11. The summed E-state index contributed by atoms with van der Waals surface area (Å²) in [6.45, 7) is 4.13. The third-order valence-electron chi connectivity index (χ3n) is 3.88. The van der Waals surface area contributed by atoms with Crippen molar-refractivity contribution in [2.75, 3.05) is 5.32 Å². The third-order valence-corrected chi connectivity index (χ3v) is 4.10. The highest BCUT2D eigenvalue weighted by Gasteiger charge is 2.17. The van der Waals surface area contributed by atoms with E-state index >= 15 is 0 Å². The molecule has 0 saturated heterocycles. The zero-order valence-electron chi connectivity index (χ0n) is 13.7. The molecule has 0 fully saturated rings. The molecular formula is C20H20N2OS. The van der Waals surface area contributed by atoms with Gasteiger partial charge in [0.15, 0.2) is 5.11 Å². The second-order valence-electron chi connectivity index (χ2n) is 5.78. The van der Waals surface area contributed by atoms with Crippen molar-refractivity contribution >= 4 is 23.0 Å². The summed E-state index contributed by atoms with van der Waals surface area (Å²) in [5.74, 6) is 0.825. The summed E-state index contributed by atoms with van der Waals surface area (Å²) >= 11 is 5.53. The highest BCUT2D eigenvalue weighted by molar-refractivity contribution is 7.80. The number of furan rings is 1. The summed E-state index contributed by atoms with van der Waals surface area (Å²) in [5, 5.41) is 7.21. The van der Waals surface area contributed by atoms with Gasteiger partial charge in [0.05, 0.1) is 6.26 Å². The van der Waals surface area contributed by atoms with Gasteiger partial charge in [-0.1, -0.05) is 42.5 Å². The number of aryl methyl sites for hydroxylation is 2. The maximum Gasteiger partial charge on any atom is 0.171 e. The molecule has 2 N–H and O–H groups in total. The molecule has 122 valence electrons. The fourth-order valence-electron chi connectivity index (χ4n) is 2.58. The molecule has 24 heavy (non-hydrogen) atoms. The molecule has 0 aliphatic carbocycles. The minimum atomic E-state index is -0.133. The highest BCUT2D eigenvalue weighted by atomic mass is 32.1. The van der Waals surface area contributed by atoms with Crippen molar-refractivity contribution in [3.63, 3.8) is 0 Å². The predicted molar refractivity (Wildman–Crippen MR) is 102 cm³/mol. The molecule has 1 heterocycles. The maximum atomic E-state index is 5.59. The lowest BCUT2D eigenvalue weighted by molar-refractivity contribution is 0.476. The van der Waals surface area contributed by atoms with E-state index in [-0.39, 0.29) is 6.04 Å². The molecule has 0 radical (unpaired) electrons. The van der Waals surface area contributed by atoms with Crippen LogP contribution in [0, 0.1) is 13.8 Å². The Morgan fingerprint density at radius 1 is 1.00 bits per heavy atom. The van der Waals surface area contributed by atoms with E-state index in [2.05, 4.69) is 54.8 Å². The van der Waals surface area contributed by atoms with Crippen LogP contribution >= 0.6 is 12.2 Å². The normalized spacial score (nSPS) is 11.8. The standard InChI is InChI=1S/C20H20N2OS/c1-14-10-11-15(2)17(13-14)21-20(24)22-19(18-9-6-12-23-18)16-7-4-3-5-8-16/h3-13,19H,1-2H3,(H2,21,22,24)/t19-/m1/s1. The summed E-state index contributed by atoms with van der Waals surface area (Å²) in [7, 11) is 0. The molecule has 0 spiro atoms. The number of thiocarbonyl (C=S) groups is 1. The van der Waals surface area contributed by atoms with Crippen LogP contribution in [0.1, 0.15) is 28.5 Å². The molecule has 2 aromatic carbocycles. The molecular weight excluding hydrogens is 316 g/mol. The molecule has 1 atom stereocenters. The Bertz CT molecular complexity index is 813. The number of benzene rings is 2. The number of anilines is 1. The molecule has 3 aromatic rings. The first-order chi connectivity index (χ1) is 11.6. The molecule has 0 unspecified atom stereocenters. The van der Waals surface area contributed by atoms with Gasteiger partial charge < -0.3 is 15.1 Å². The number of nitrogens with one attached hydrogen (secondary N) is 2. The number of hydrogen-bond donors (Lipinski definition) is 2. The van der Waals surface area contributed by atoms with Crippen molar-refractivity contribution < 1.29 is 4.42 Å². The molecule has 1 aromatic heterocycles. The van der Waals surface area contributed by atoms with Crippen LogP contribution in [0.4, 0.5) is 5.69 Å². The van der Waals surface area contributed by atoms with Crippen LogP contribution in [0.5, 0.6) is 0 Å². The van der Waals surface area contributed by atoms with Gasteiger partial charge in [0.1, 0.15) is 11.8 Å². The highest BCUT2D eigenvalue weighted by Crippen LogP contribution is 2.23. The van der Waals surface area contributed by atoms with Gasteiger partial charge in [-0.25, -0.2) is 0 Å². The van der Waals surface area contributed by atoms with Crippen molar-refractivity contribution in [1.82, 2.24) is 5.32 Å². The zero-order valence-corrected chi connectivity index (χ0v) is 14.6. The quantitative estimate of drug-likeness (QED) is 0.660. The Balaban J connectivity index is 1.80. The first-order valence-electron chi connectivity index (χ1n) is 7.86. The number of hydrogen-bond acceptors (Lipinski definition) is 2. The molecule has 0 amide bonds. The molecule has 3 rings (SSSR count). The van der Waals surface area contributed by atoms with Crippen molar-refractivity contribution in [1.29, 1.82) is 0 Å². The summed E-state index contributed by atoms with van der Waals surface area (Å²) in [6, 6.07) is 20.1. The van der Waals surface area contributed by atoms with Gasteiger partial charge in [0, 0.05) is 5.69 Å². The van der Waals surface area contributed by atoms with Crippen molar-refractivity contribution in [3.8, 4) is 0 Å². The minimum Gasteiger partial charge on any atom is -0.467 e. The van der Waals surface area contributed by atoms with Gasteiger partial charge in [0.25, 0.3) is 0 Å². The van der Waals surface area contributed by atoms with Gasteiger partial charge in [-0.3, -0.25) is 0 Å². The van der Waals surface area contributed by atoms with E-state index in [4.69, 9.17) is 16.6 Å². The topological polar surface area (TPSA) is 37.2 Å². The fourth-order valence-corrected chi connectivity index (χ4v) is 2.81. The second kappa shape index (κ2) is 7.32. The van der Waals surface area contributed by atoms with Crippen LogP contribution < -0.4 is 10.6 Å². The lowest BCUT2D eigenvalue weighted by atomic mass is 10.1. The van der Waals surface area contributed by atoms with Crippen LogP contribution in [-0.2, 0) is 0 Å². The Morgan fingerprint density at radius 3 is 2.50 bits per heavy atom. The maximum absolute atomic E-state index is 5.59. The van der Waals surface area contributed by atoms with E-state index in [1.807, 2.05) is 30.3 Å². The van der Waals surface area contributed by atoms with Gasteiger partial charge in [-0.15, -0.1) is 0 Å². The van der Waals surface area contributed by atoms with E-state index in [1.165, 1.54) is 5.56 Å². The summed E-state index contributed by atoms with van der Waals surface area (Å²) < 4.78 is 5.59. The SMILES string of the molecule is Cc1ccc(C)c(NC(=S)N[C@H](c2ccccc2)c2ccco2)c1. The van der Waals surface area contributed by atoms with Gasteiger partial charge in [-0.05, 0) is 61.0 Å². The summed E-state index contributed by atoms with van der Waals surface area (Å²) in [4.78, 5) is 0. The second-order valence-corrected chi connectivity index (χ2v) is 6.18. The smallest absolute Gasteiger partial charge is 0.171 e. The fraction of sp³-hybridized carbons (Fsp3) is 0.150. The Labute approximate surface area is 147 Å². The molecule has 0 saturated carbocycles. The van der Waals surface area contributed by atoms with E-state index < -0.39 is 0 Å². The first kappa shape index (κ1) is 16.3. The Morgan fingerprint density at radius 2 is 1.79 bits per heavy atom. The largest absolute Gasteiger partial charge is 0.467 e. The molecule has 3 nitrogen and oxygen atoms in total. The van der Waals surface area contributed by atoms with E-state index in [9.17, 15) is 0 Å². The number of rotatable bonds is 4. The zero-order chi connectivity index (χ0) is 16.9. The van der Waals surface area contributed by atoms with Crippen LogP contribution in [0.3, 0.4) is 0 Å². The van der Waals surface area contributed by atoms with E-state index in [0.717, 1.165) is 22.6 Å². The van der Waals surface area contributed by atoms with Crippen molar-refractivity contribution in [2.45, 2.75) is 19.9 Å². The minimum absolute atomic E-state index is 0.133. The molecule has 0 bridgehead atoms. The van der Waals surface area contributed by atoms with Crippen molar-refractivity contribution in [2.24, 2.45) is 0 Å². The van der Waals surface area contributed by atoms with Crippen LogP contribution in [0.25, 0.3) is 0 Å². The van der Waals surface area contributed by atoms with E-state index in [0.29, 0.717) is 5.11 Å². The Kier molecular flexibility index (Phi) is 4.96. The summed E-state index contributed by atoms with van der Waals surface area (Å²) in [5.41, 5.74) is 4.45. The first-order valence-corrected chi connectivity index (χ1v) is 8.27. The Hall–Kier alpha value is -2.59. The molecule has 4 heteroatoms. The predicted octanol–water partition coefficient (Wildman–Crippen LogP) is 4.97. The molecule has 0 aliphatic heterocycles. The third kappa shape index (κ3) is 3.84.